The molecule has 0 atom stereocenters. The van der Waals surface area contributed by atoms with Crippen molar-refractivity contribution in [2.45, 2.75) is 17.3 Å². The van der Waals surface area contributed by atoms with Crippen LogP contribution in [0.15, 0.2) is 59.8 Å². The van der Waals surface area contributed by atoms with E-state index in [-0.39, 0.29) is 0 Å². The lowest BCUT2D eigenvalue weighted by Gasteiger charge is -2.04. The van der Waals surface area contributed by atoms with Crippen LogP contribution in [-0.4, -0.2) is 14.9 Å². The summed E-state index contributed by atoms with van der Waals surface area (Å²) < 4.78 is 1.56. The monoisotopic (exact) mass is 330 g/mol. The zero-order valence-electron chi connectivity index (χ0n) is 11.8. The summed E-state index contributed by atoms with van der Waals surface area (Å²) in [6, 6.07) is 17.9. The average molecular weight is 331 g/mol. The molecule has 1 aromatic heterocycles. The lowest BCUT2D eigenvalue weighted by molar-refractivity contribution is 0.805. The maximum atomic E-state index is 6.09. The third-order valence-corrected chi connectivity index (χ3v) is 4.49. The highest BCUT2D eigenvalue weighted by atomic mass is 35.5. The number of hydrogen-bond donors (Lipinski definition) is 1. The standard InChI is InChI=1S/C16H15ClN4S/c17-14-8-6-13(7-9-14)11-22-16-20-19-15(21(16)18)10-12-4-2-1-3-5-12/h1-9H,10-11,18H2. The van der Waals surface area contributed by atoms with E-state index in [9.17, 15) is 0 Å². The maximum absolute atomic E-state index is 6.09. The SMILES string of the molecule is Nn1c(Cc2ccccc2)nnc1SCc1ccc(Cl)cc1. The molecule has 4 nitrogen and oxygen atoms in total. The molecule has 0 aliphatic rings. The predicted molar refractivity (Wildman–Crippen MR) is 90.4 cm³/mol. The van der Waals surface area contributed by atoms with E-state index in [1.54, 1.807) is 16.4 Å². The third kappa shape index (κ3) is 3.61. The molecule has 3 rings (SSSR count). The smallest absolute Gasteiger partial charge is 0.210 e. The van der Waals surface area contributed by atoms with Crippen molar-refractivity contribution in [3.05, 3.63) is 76.6 Å². The van der Waals surface area contributed by atoms with E-state index in [0.29, 0.717) is 11.6 Å². The molecule has 0 spiro atoms. The van der Waals surface area contributed by atoms with E-state index in [0.717, 1.165) is 22.2 Å². The Labute approximate surface area is 138 Å². The summed E-state index contributed by atoms with van der Waals surface area (Å²) in [7, 11) is 0. The Morgan fingerprint density at radius 3 is 2.41 bits per heavy atom. The summed E-state index contributed by atoms with van der Waals surface area (Å²) in [5, 5.41) is 9.80. The second-order valence-corrected chi connectivity index (χ2v) is 6.23. The minimum atomic E-state index is 0.672. The number of hydrogen-bond acceptors (Lipinski definition) is 4. The zero-order valence-corrected chi connectivity index (χ0v) is 13.4. The van der Waals surface area contributed by atoms with Gasteiger partial charge < -0.3 is 5.84 Å². The van der Waals surface area contributed by atoms with Crippen LogP contribution in [0.5, 0.6) is 0 Å². The summed E-state index contributed by atoms with van der Waals surface area (Å²) in [6.07, 6.45) is 0.672. The second kappa shape index (κ2) is 6.85. The molecule has 1 heterocycles. The maximum Gasteiger partial charge on any atom is 0.210 e. The summed E-state index contributed by atoms with van der Waals surface area (Å²) in [5.41, 5.74) is 2.33. The molecular weight excluding hydrogens is 316 g/mol. The van der Waals surface area contributed by atoms with Gasteiger partial charge in [-0.3, -0.25) is 0 Å². The van der Waals surface area contributed by atoms with Crippen LogP contribution in [-0.2, 0) is 12.2 Å². The van der Waals surface area contributed by atoms with Crippen LogP contribution < -0.4 is 5.84 Å². The fourth-order valence-electron chi connectivity index (χ4n) is 2.03. The molecular formula is C16H15ClN4S. The summed E-state index contributed by atoms with van der Waals surface area (Å²) >= 11 is 7.44. The first-order chi connectivity index (χ1) is 10.7. The van der Waals surface area contributed by atoms with E-state index >= 15 is 0 Å². The van der Waals surface area contributed by atoms with Gasteiger partial charge in [0.05, 0.1) is 0 Å². The van der Waals surface area contributed by atoms with E-state index in [1.165, 1.54) is 5.56 Å². The second-order valence-electron chi connectivity index (χ2n) is 4.85. The van der Waals surface area contributed by atoms with Crippen molar-refractivity contribution in [1.29, 1.82) is 0 Å². The van der Waals surface area contributed by atoms with Crippen LogP contribution in [0.3, 0.4) is 0 Å². The lowest BCUT2D eigenvalue weighted by Crippen LogP contribution is -2.14. The Balaban J connectivity index is 1.67. The van der Waals surface area contributed by atoms with Gasteiger partial charge >= 0.3 is 0 Å². The molecule has 6 heteroatoms. The molecule has 0 saturated heterocycles. The number of halogens is 1. The normalized spacial score (nSPS) is 10.8. The number of aromatic nitrogens is 3. The molecule has 2 N–H and O–H groups in total. The van der Waals surface area contributed by atoms with Gasteiger partial charge in [0.25, 0.3) is 0 Å². The Morgan fingerprint density at radius 2 is 1.68 bits per heavy atom. The van der Waals surface area contributed by atoms with Crippen LogP contribution in [0.2, 0.25) is 5.02 Å². The van der Waals surface area contributed by atoms with E-state index in [1.807, 2.05) is 42.5 Å². The van der Waals surface area contributed by atoms with Gasteiger partial charge in [0, 0.05) is 17.2 Å². The van der Waals surface area contributed by atoms with E-state index in [4.69, 9.17) is 17.4 Å². The molecule has 0 aliphatic heterocycles. The molecule has 0 radical (unpaired) electrons. The molecule has 0 bridgehead atoms. The Hall–Kier alpha value is -1.98. The molecule has 3 aromatic rings. The van der Waals surface area contributed by atoms with Crippen LogP contribution in [0.4, 0.5) is 0 Å². The highest BCUT2D eigenvalue weighted by molar-refractivity contribution is 7.98. The Morgan fingerprint density at radius 1 is 0.955 bits per heavy atom. The molecule has 0 amide bonds. The van der Waals surface area contributed by atoms with Crippen molar-refractivity contribution in [3.63, 3.8) is 0 Å². The number of nitrogens with two attached hydrogens (primary N) is 1. The largest absolute Gasteiger partial charge is 0.336 e. The van der Waals surface area contributed by atoms with Gasteiger partial charge in [-0.25, -0.2) is 4.68 Å². The summed E-state index contributed by atoms with van der Waals surface area (Å²) in [4.78, 5) is 0. The van der Waals surface area contributed by atoms with Crippen molar-refractivity contribution in [1.82, 2.24) is 14.9 Å². The molecule has 0 fully saturated rings. The molecule has 22 heavy (non-hydrogen) atoms. The van der Waals surface area contributed by atoms with Crippen LogP contribution in [0.25, 0.3) is 0 Å². The predicted octanol–water partition coefficient (Wildman–Crippen LogP) is 3.53. The Kier molecular flexibility index (Phi) is 4.65. The van der Waals surface area contributed by atoms with Crippen LogP contribution in [0.1, 0.15) is 17.0 Å². The molecule has 0 aliphatic carbocycles. The van der Waals surface area contributed by atoms with Gasteiger partial charge in [0.2, 0.25) is 5.16 Å². The topological polar surface area (TPSA) is 56.7 Å². The van der Waals surface area contributed by atoms with E-state index in [2.05, 4.69) is 22.3 Å². The number of nitrogens with zero attached hydrogens (tertiary/aromatic N) is 3. The number of rotatable bonds is 5. The quantitative estimate of drug-likeness (QED) is 0.574. The molecule has 112 valence electrons. The summed E-state index contributed by atoms with van der Waals surface area (Å²) in [6.45, 7) is 0. The first-order valence-corrected chi connectivity index (χ1v) is 8.19. The zero-order chi connectivity index (χ0) is 15.4. The van der Waals surface area contributed by atoms with Crippen molar-refractivity contribution in [2.75, 3.05) is 5.84 Å². The fourth-order valence-corrected chi connectivity index (χ4v) is 2.99. The third-order valence-electron chi connectivity index (χ3n) is 3.22. The van der Waals surface area contributed by atoms with Gasteiger partial charge in [0.1, 0.15) is 0 Å². The van der Waals surface area contributed by atoms with Crippen molar-refractivity contribution in [3.8, 4) is 0 Å². The number of benzene rings is 2. The highest BCUT2D eigenvalue weighted by Crippen LogP contribution is 2.22. The minimum Gasteiger partial charge on any atom is -0.336 e. The number of thioether (sulfide) groups is 1. The van der Waals surface area contributed by atoms with Crippen LogP contribution in [0, 0.1) is 0 Å². The molecule has 2 aromatic carbocycles. The summed E-state index contributed by atoms with van der Waals surface area (Å²) in [5.74, 6) is 7.62. The van der Waals surface area contributed by atoms with Gasteiger partial charge in [-0.05, 0) is 23.3 Å². The Bertz CT molecular complexity index is 741. The number of nitrogen functional groups attached to an aromatic ring is 1. The highest BCUT2D eigenvalue weighted by Gasteiger charge is 2.10. The van der Waals surface area contributed by atoms with Crippen molar-refractivity contribution >= 4 is 23.4 Å². The average Bonchev–Trinajstić information content (AvgIpc) is 2.88. The fraction of sp³-hybridized carbons (Fsp3) is 0.125. The van der Waals surface area contributed by atoms with Gasteiger partial charge in [-0.15, -0.1) is 10.2 Å². The lowest BCUT2D eigenvalue weighted by atomic mass is 10.1. The van der Waals surface area contributed by atoms with Gasteiger partial charge in [-0.1, -0.05) is 65.8 Å². The van der Waals surface area contributed by atoms with Crippen LogP contribution >= 0.6 is 23.4 Å². The van der Waals surface area contributed by atoms with Crippen molar-refractivity contribution in [2.24, 2.45) is 0 Å². The first kappa shape index (κ1) is 14.9. The van der Waals surface area contributed by atoms with Gasteiger partial charge in [0.15, 0.2) is 5.82 Å². The molecule has 0 saturated carbocycles. The minimum absolute atomic E-state index is 0.672. The molecule has 0 unspecified atom stereocenters. The van der Waals surface area contributed by atoms with Crippen molar-refractivity contribution < 1.29 is 0 Å². The first-order valence-electron chi connectivity index (χ1n) is 6.83. The van der Waals surface area contributed by atoms with E-state index < -0.39 is 0 Å². The van der Waals surface area contributed by atoms with Gasteiger partial charge in [-0.2, -0.15) is 0 Å².